The molecule has 1 aliphatic carbocycles. The lowest BCUT2D eigenvalue weighted by Crippen LogP contribution is -2.20. The Bertz CT molecular complexity index is 172. The minimum atomic E-state index is -0.459. The van der Waals surface area contributed by atoms with Crippen LogP contribution in [-0.2, 0) is 0 Å². The van der Waals surface area contributed by atoms with Crippen molar-refractivity contribution in [2.75, 3.05) is 0 Å². The first-order valence-electron chi connectivity index (χ1n) is 3.38. The van der Waals surface area contributed by atoms with Gasteiger partial charge in [0.1, 0.15) is 0 Å². The number of hydrogen-bond donors (Lipinski definition) is 0. The van der Waals surface area contributed by atoms with Crippen LogP contribution >= 0.6 is 23.2 Å². The van der Waals surface area contributed by atoms with Crippen molar-refractivity contribution in [1.82, 2.24) is 0 Å². The summed E-state index contributed by atoms with van der Waals surface area (Å²) < 4.78 is 0. The van der Waals surface area contributed by atoms with Crippen molar-refractivity contribution >= 4 is 23.2 Å². The van der Waals surface area contributed by atoms with Crippen molar-refractivity contribution in [3.8, 4) is 0 Å². The molecule has 0 aromatic carbocycles. The van der Waals surface area contributed by atoms with Crippen LogP contribution in [0.3, 0.4) is 0 Å². The second-order valence-corrected chi connectivity index (χ2v) is 3.59. The Morgan fingerprint density at radius 2 is 2.40 bits per heavy atom. The molecule has 0 spiro atoms. The minimum Gasteiger partial charge on any atom is -0.109 e. The summed E-state index contributed by atoms with van der Waals surface area (Å²) in [5.74, 6) is 0. The van der Waals surface area contributed by atoms with Crippen LogP contribution in [0, 0.1) is 0 Å². The van der Waals surface area contributed by atoms with E-state index in [9.17, 15) is 0 Å². The van der Waals surface area contributed by atoms with Crippen LogP contribution in [0.4, 0.5) is 0 Å². The zero-order valence-corrected chi connectivity index (χ0v) is 7.25. The van der Waals surface area contributed by atoms with Crippen LogP contribution in [0.25, 0.3) is 0 Å². The van der Waals surface area contributed by atoms with Gasteiger partial charge in [0.2, 0.25) is 0 Å². The maximum atomic E-state index is 6.09. The first-order valence-corrected chi connectivity index (χ1v) is 4.13. The molecule has 56 valence electrons. The number of rotatable bonds is 1. The van der Waals surface area contributed by atoms with Gasteiger partial charge in [-0.3, -0.25) is 0 Å². The highest BCUT2D eigenvalue weighted by Crippen LogP contribution is 2.38. The van der Waals surface area contributed by atoms with Gasteiger partial charge in [-0.25, -0.2) is 0 Å². The molecule has 1 aliphatic rings. The van der Waals surface area contributed by atoms with Gasteiger partial charge in [0.25, 0.3) is 0 Å². The van der Waals surface area contributed by atoms with Crippen LogP contribution in [0.5, 0.6) is 0 Å². The molecule has 0 radical (unpaired) electrons. The molecule has 1 atom stereocenters. The van der Waals surface area contributed by atoms with Gasteiger partial charge in [0.05, 0.1) is 4.87 Å². The second kappa shape index (κ2) is 2.98. The molecule has 10 heavy (non-hydrogen) atoms. The van der Waals surface area contributed by atoms with Crippen molar-refractivity contribution in [1.29, 1.82) is 0 Å². The van der Waals surface area contributed by atoms with E-state index < -0.39 is 4.87 Å². The van der Waals surface area contributed by atoms with E-state index in [1.165, 1.54) is 0 Å². The van der Waals surface area contributed by atoms with Gasteiger partial charge in [-0.15, -0.1) is 18.2 Å². The smallest absolute Gasteiger partial charge is 0.0974 e. The average molecular weight is 177 g/mol. The van der Waals surface area contributed by atoms with Crippen LogP contribution in [-0.4, -0.2) is 4.87 Å². The summed E-state index contributed by atoms with van der Waals surface area (Å²) in [5.41, 5.74) is 0. The van der Waals surface area contributed by atoms with Crippen molar-refractivity contribution in [2.24, 2.45) is 0 Å². The number of alkyl halides is 1. The van der Waals surface area contributed by atoms with Crippen LogP contribution in [0.2, 0.25) is 0 Å². The zero-order valence-electron chi connectivity index (χ0n) is 5.74. The predicted octanol–water partition coefficient (Wildman–Crippen LogP) is 3.46. The normalized spacial score (nSPS) is 33.2. The summed E-state index contributed by atoms with van der Waals surface area (Å²) in [7, 11) is 0. The Morgan fingerprint density at radius 3 is 2.80 bits per heavy atom. The van der Waals surface area contributed by atoms with Gasteiger partial charge < -0.3 is 0 Å². The summed E-state index contributed by atoms with van der Waals surface area (Å²) >= 11 is 12.0. The van der Waals surface area contributed by atoms with Crippen molar-refractivity contribution < 1.29 is 0 Å². The third kappa shape index (κ3) is 1.38. The molecule has 0 amide bonds. The van der Waals surface area contributed by atoms with E-state index >= 15 is 0 Å². The van der Waals surface area contributed by atoms with Crippen molar-refractivity contribution in [3.63, 3.8) is 0 Å². The highest BCUT2D eigenvalue weighted by atomic mass is 35.5. The molecule has 0 saturated carbocycles. The van der Waals surface area contributed by atoms with Gasteiger partial charge in [-0.1, -0.05) is 23.8 Å². The topological polar surface area (TPSA) is 0 Å². The fraction of sp³-hybridized carbons (Fsp3) is 0.500. The number of allylic oxidation sites excluding steroid dienone is 3. The highest BCUT2D eigenvalue weighted by molar-refractivity contribution is 6.40. The lowest BCUT2D eigenvalue weighted by molar-refractivity contribution is 0.649. The molecule has 0 heterocycles. The van der Waals surface area contributed by atoms with Gasteiger partial charge in [0.15, 0.2) is 0 Å². The number of hydrogen-bond acceptors (Lipinski definition) is 0. The summed E-state index contributed by atoms with van der Waals surface area (Å²) in [5, 5.41) is 0.732. The first-order chi connectivity index (χ1) is 4.69. The second-order valence-electron chi connectivity index (χ2n) is 2.51. The molecule has 0 fully saturated rings. The summed E-state index contributed by atoms with van der Waals surface area (Å²) in [6.07, 6.45) is 6.74. The largest absolute Gasteiger partial charge is 0.109 e. The fourth-order valence-electron chi connectivity index (χ4n) is 1.08. The Labute approximate surface area is 71.5 Å². The summed E-state index contributed by atoms with van der Waals surface area (Å²) in [6.45, 7) is 3.65. The Kier molecular flexibility index (Phi) is 2.43. The molecule has 0 bridgehead atoms. The maximum absolute atomic E-state index is 6.09. The zero-order chi connectivity index (χ0) is 7.61. The highest BCUT2D eigenvalue weighted by Gasteiger charge is 2.28. The third-order valence-electron chi connectivity index (χ3n) is 1.79. The van der Waals surface area contributed by atoms with Crippen molar-refractivity contribution in [2.45, 2.75) is 24.1 Å². The number of halogens is 2. The van der Waals surface area contributed by atoms with Crippen LogP contribution in [0.1, 0.15) is 19.3 Å². The van der Waals surface area contributed by atoms with Gasteiger partial charge in [-0.05, 0) is 19.3 Å². The van der Waals surface area contributed by atoms with E-state index in [2.05, 4.69) is 6.58 Å². The van der Waals surface area contributed by atoms with Gasteiger partial charge in [0, 0.05) is 5.03 Å². The molecule has 0 aromatic rings. The minimum absolute atomic E-state index is 0.459. The van der Waals surface area contributed by atoms with Crippen LogP contribution < -0.4 is 0 Å². The molecule has 2 heteroatoms. The average Bonchev–Trinajstić information content (AvgIpc) is 1.96. The monoisotopic (exact) mass is 176 g/mol. The first kappa shape index (κ1) is 8.16. The molecule has 0 nitrogen and oxygen atoms in total. The SMILES string of the molecule is C=CC1(Cl)CCCC=C1Cl. The fourth-order valence-corrected chi connectivity index (χ4v) is 1.57. The predicted molar refractivity (Wildman–Crippen MR) is 46.6 cm³/mol. The van der Waals surface area contributed by atoms with E-state index in [0.29, 0.717) is 0 Å². The van der Waals surface area contributed by atoms with Gasteiger partial charge >= 0.3 is 0 Å². The lowest BCUT2D eigenvalue weighted by atomic mass is 9.95. The molecule has 0 saturated heterocycles. The Hall–Kier alpha value is 0.0600. The van der Waals surface area contributed by atoms with E-state index in [0.717, 1.165) is 24.3 Å². The van der Waals surface area contributed by atoms with E-state index in [4.69, 9.17) is 23.2 Å². The van der Waals surface area contributed by atoms with E-state index in [1.54, 1.807) is 6.08 Å². The Balaban J connectivity index is 2.84. The molecule has 0 aliphatic heterocycles. The molecule has 0 N–H and O–H groups in total. The van der Waals surface area contributed by atoms with E-state index in [-0.39, 0.29) is 0 Å². The third-order valence-corrected chi connectivity index (χ3v) is 2.92. The molecule has 1 rings (SSSR count). The lowest BCUT2D eigenvalue weighted by Gasteiger charge is -2.25. The summed E-state index contributed by atoms with van der Waals surface area (Å²) in [4.78, 5) is -0.459. The van der Waals surface area contributed by atoms with Gasteiger partial charge in [-0.2, -0.15) is 0 Å². The molecule has 0 aromatic heterocycles. The quantitative estimate of drug-likeness (QED) is 0.425. The molecular formula is C8H10Cl2. The van der Waals surface area contributed by atoms with E-state index in [1.807, 2.05) is 6.08 Å². The van der Waals surface area contributed by atoms with Crippen molar-refractivity contribution in [3.05, 3.63) is 23.8 Å². The molecular weight excluding hydrogens is 167 g/mol. The standard InChI is InChI=1S/C8H10Cl2/c1-2-8(10)6-4-3-5-7(8)9/h2,5H,1,3-4,6H2. The summed E-state index contributed by atoms with van der Waals surface area (Å²) in [6, 6.07) is 0. The maximum Gasteiger partial charge on any atom is 0.0974 e. The molecule has 1 unspecified atom stereocenters. The van der Waals surface area contributed by atoms with Crippen LogP contribution in [0.15, 0.2) is 23.8 Å². The Morgan fingerprint density at radius 1 is 1.70 bits per heavy atom.